The zero-order chi connectivity index (χ0) is 14.3. The molecule has 2 unspecified atom stereocenters. The zero-order valence-corrected chi connectivity index (χ0v) is 11.5. The summed E-state index contributed by atoms with van der Waals surface area (Å²) >= 11 is 0. The van der Waals surface area contributed by atoms with Gasteiger partial charge >= 0.3 is 0 Å². The molecule has 0 bridgehead atoms. The third kappa shape index (κ3) is 1.85. The van der Waals surface area contributed by atoms with Crippen LogP contribution in [-0.2, 0) is 6.42 Å². The van der Waals surface area contributed by atoms with Gasteiger partial charge in [-0.15, -0.1) is 10.2 Å². The Balaban J connectivity index is 2.42. The molecule has 0 aliphatic carbocycles. The summed E-state index contributed by atoms with van der Waals surface area (Å²) in [6.45, 7) is 3.68. The first-order chi connectivity index (χ1) is 9.63. The van der Waals surface area contributed by atoms with Crippen LogP contribution in [0.25, 0.3) is 16.7 Å². The number of rotatable bonds is 3. The minimum Gasteiger partial charge on any atom is -0.391 e. The van der Waals surface area contributed by atoms with E-state index in [1.165, 1.54) is 0 Å². The molecule has 1 aromatic carbocycles. The quantitative estimate of drug-likeness (QED) is 0.747. The summed E-state index contributed by atoms with van der Waals surface area (Å²) in [7, 11) is 0. The van der Waals surface area contributed by atoms with Crippen molar-refractivity contribution in [3.8, 4) is 0 Å². The Morgan fingerprint density at radius 1 is 1.30 bits per heavy atom. The number of fused-ring (bicyclic) bond motifs is 3. The molecular weight excluding hydrogens is 254 g/mol. The summed E-state index contributed by atoms with van der Waals surface area (Å²) in [5.74, 6) is 0.859. The van der Waals surface area contributed by atoms with Gasteiger partial charge in [-0.3, -0.25) is 4.40 Å². The Labute approximate surface area is 116 Å². The van der Waals surface area contributed by atoms with E-state index >= 15 is 0 Å². The first-order valence-corrected chi connectivity index (χ1v) is 6.69. The van der Waals surface area contributed by atoms with Crippen LogP contribution in [0.1, 0.15) is 31.4 Å². The van der Waals surface area contributed by atoms with E-state index in [0.29, 0.717) is 11.3 Å². The maximum atomic E-state index is 9.75. The second-order valence-electron chi connectivity index (χ2n) is 4.88. The number of nitrogens with two attached hydrogens (primary N) is 1. The lowest BCUT2D eigenvalue weighted by molar-refractivity contribution is 0.163. The molecule has 3 N–H and O–H groups in total. The normalized spacial score (nSPS) is 14.8. The van der Waals surface area contributed by atoms with Gasteiger partial charge in [0.05, 0.1) is 23.2 Å². The fraction of sp³-hybridized carbons (Fsp3) is 0.357. The van der Waals surface area contributed by atoms with Crippen molar-refractivity contribution >= 4 is 16.7 Å². The minimum atomic E-state index is -0.700. The number of aliphatic hydroxyl groups is 1. The van der Waals surface area contributed by atoms with Crippen LogP contribution >= 0.6 is 0 Å². The van der Waals surface area contributed by atoms with Crippen molar-refractivity contribution in [1.82, 2.24) is 19.6 Å². The summed E-state index contributed by atoms with van der Waals surface area (Å²) < 4.78 is 1.97. The lowest BCUT2D eigenvalue weighted by atomic mass is 10.1. The van der Waals surface area contributed by atoms with Gasteiger partial charge in [-0.25, -0.2) is 4.98 Å². The van der Waals surface area contributed by atoms with Crippen LogP contribution in [0.3, 0.4) is 0 Å². The van der Waals surface area contributed by atoms with Crippen molar-refractivity contribution in [2.45, 2.75) is 32.4 Å². The second-order valence-corrected chi connectivity index (χ2v) is 4.88. The molecule has 6 heteroatoms. The molecule has 2 heterocycles. The maximum Gasteiger partial charge on any atom is 0.184 e. The van der Waals surface area contributed by atoms with Gasteiger partial charge in [-0.2, -0.15) is 0 Å². The topological polar surface area (TPSA) is 89.3 Å². The summed E-state index contributed by atoms with van der Waals surface area (Å²) in [5, 5.41) is 18.2. The Kier molecular flexibility index (Phi) is 3.11. The lowest BCUT2D eigenvalue weighted by Crippen LogP contribution is -2.25. The number of aliphatic hydroxyl groups excluding tert-OH is 1. The number of hydrogen-bond acceptors (Lipinski definition) is 5. The smallest absolute Gasteiger partial charge is 0.184 e. The van der Waals surface area contributed by atoms with Crippen LogP contribution in [0.4, 0.5) is 0 Å². The van der Waals surface area contributed by atoms with E-state index in [4.69, 9.17) is 5.73 Å². The highest BCUT2D eigenvalue weighted by atomic mass is 16.3. The minimum absolute atomic E-state index is 0.575. The van der Waals surface area contributed by atoms with Crippen LogP contribution in [0.15, 0.2) is 24.3 Å². The van der Waals surface area contributed by atoms with Gasteiger partial charge in [0.2, 0.25) is 0 Å². The predicted octanol–water partition coefficient (Wildman–Crippen LogP) is 1.22. The second kappa shape index (κ2) is 4.81. The SMILES string of the molecule is CCc1nnc2c(C(N)C(C)O)nc3ccccc3n12. The third-order valence-electron chi connectivity index (χ3n) is 3.47. The van der Waals surface area contributed by atoms with Gasteiger partial charge in [-0.1, -0.05) is 19.1 Å². The molecule has 0 fully saturated rings. The van der Waals surface area contributed by atoms with E-state index in [1.54, 1.807) is 6.92 Å². The monoisotopic (exact) mass is 271 g/mol. The van der Waals surface area contributed by atoms with E-state index in [2.05, 4.69) is 15.2 Å². The molecule has 0 spiro atoms. The molecule has 2 atom stereocenters. The van der Waals surface area contributed by atoms with Crippen molar-refractivity contribution in [3.05, 3.63) is 35.8 Å². The highest BCUT2D eigenvalue weighted by Gasteiger charge is 2.21. The first-order valence-electron chi connectivity index (χ1n) is 6.69. The number of nitrogens with zero attached hydrogens (tertiary/aromatic N) is 4. The molecule has 0 aliphatic heterocycles. The van der Waals surface area contributed by atoms with Crippen molar-refractivity contribution in [1.29, 1.82) is 0 Å². The molecular formula is C14H17N5O. The molecule has 0 radical (unpaired) electrons. The first kappa shape index (κ1) is 13.0. The Bertz CT molecular complexity index is 765. The van der Waals surface area contributed by atoms with E-state index in [1.807, 2.05) is 35.6 Å². The third-order valence-corrected chi connectivity index (χ3v) is 3.47. The van der Waals surface area contributed by atoms with Crippen LogP contribution in [0.2, 0.25) is 0 Å². The molecule has 6 nitrogen and oxygen atoms in total. The van der Waals surface area contributed by atoms with E-state index in [-0.39, 0.29) is 0 Å². The Hall–Kier alpha value is -2.05. The molecule has 3 rings (SSSR count). The summed E-state index contributed by atoms with van der Waals surface area (Å²) in [5.41, 5.74) is 9.02. The number of aromatic nitrogens is 4. The summed E-state index contributed by atoms with van der Waals surface area (Å²) in [6, 6.07) is 7.20. The van der Waals surface area contributed by atoms with Crippen LogP contribution < -0.4 is 5.73 Å². The lowest BCUT2D eigenvalue weighted by Gasteiger charge is -2.16. The molecule has 3 aromatic rings. The number of benzene rings is 1. The average molecular weight is 271 g/mol. The maximum absolute atomic E-state index is 9.75. The molecule has 2 aromatic heterocycles. The highest BCUT2D eigenvalue weighted by molar-refractivity contribution is 5.78. The average Bonchev–Trinajstić information content (AvgIpc) is 2.89. The predicted molar refractivity (Wildman–Crippen MR) is 76.3 cm³/mol. The van der Waals surface area contributed by atoms with Gasteiger partial charge in [0.1, 0.15) is 11.5 Å². The van der Waals surface area contributed by atoms with Crippen LogP contribution in [0.5, 0.6) is 0 Å². The van der Waals surface area contributed by atoms with Gasteiger partial charge in [0, 0.05) is 6.42 Å². The Morgan fingerprint density at radius 3 is 2.75 bits per heavy atom. The van der Waals surface area contributed by atoms with Crippen molar-refractivity contribution in [3.63, 3.8) is 0 Å². The highest BCUT2D eigenvalue weighted by Crippen LogP contribution is 2.23. The van der Waals surface area contributed by atoms with Gasteiger partial charge in [-0.05, 0) is 19.1 Å². The standard InChI is InChI=1S/C14H17N5O/c1-3-11-17-18-14-13(12(15)8(2)20)16-9-6-4-5-7-10(9)19(11)14/h4-8,12,20H,3,15H2,1-2H3. The number of hydrogen-bond donors (Lipinski definition) is 2. The zero-order valence-electron chi connectivity index (χ0n) is 11.5. The molecule has 20 heavy (non-hydrogen) atoms. The van der Waals surface area contributed by atoms with E-state index in [0.717, 1.165) is 23.3 Å². The van der Waals surface area contributed by atoms with Crippen molar-refractivity contribution < 1.29 is 5.11 Å². The number of para-hydroxylation sites is 2. The fourth-order valence-corrected chi connectivity index (χ4v) is 2.34. The number of aryl methyl sites for hydroxylation is 1. The molecule has 0 saturated heterocycles. The van der Waals surface area contributed by atoms with E-state index in [9.17, 15) is 5.11 Å². The van der Waals surface area contributed by atoms with Gasteiger partial charge in [0.15, 0.2) is 5.65 Å². The Morgan fingerprint density at radius 2 is 2.05 bits per heavy atom. The van der Waals surface area contributed by atoms with Gasteiger partial charge in [0.25, 0.3) is 0 Å². The van der Waals surface area contributed by atoms with Gasteiger partial charge < -0.3 is 10.8 Å². The summed E-state index contributed by atoms with van der Waals surface area (Å²) in [4.78, 5) is 4.56. The molecule has 0 aliphatic rings. The molecule has 0 amide bonds. The molecule has 104 valence electrons. The largest absolute Gasteiger partial charge is 0.391 e. The van der Waals surface area contributed by atoms with Crippen molar-refractivity contribution in [2.24, 2.45) is 5.73 Å². The fourth-order valence-electron chi connectivity index (χ4n) is 2.34. The summed E-state index contributed by atoms with van der Waals surface area (Å²) in [6.07, 6.45) is 0.0627. The van der Waals surface area contributed by atoms with Crippen LogP contribution in [0, 0.1) is 0 Å². The van der Waals surface area contributed by atoms with E-state index < -0.39 is 12.1 Å². The molecule has 0 saturated carbocycles. The van der Waals surface area contributed by atoms with Crippen LogP contribution in [-0.4, -0.2) is 30.8 Å². The van der Waals surface area contributed by atoms with Crippen molar-refractivity contribution in [2.75, 3.05) is 0 Å².